The van der Waals surface area contributed by atoms with E-state index >= 15 is 0 Å². The van der Waals surface area contributed by atoms with E-state index in [0.29, 0.717) is 6.10 Å². The van der Waals surface area contributed by atoms with E-state index in [1.165, 1.54) is 11.3 Å². The van der Waals surface area contributed by atoms with Crippen molar-refractivity contribution >= 4 is 11.3 Å². The standard InChI is InChI=1S/C16H25N5OS/c1-2-3-8-21-16(17-18-19-21)13-20(11-14-6-4-9-22-14)12-15-7-5-10-23-15/h5,7,10,14H,2-4,6,8-9,11-13H2,1H3. The Morgan fingerprint density at radius 2 is 2.39 bits per heavy atom. The van der Waals surface area contributed by atoms with Crippen molar-refractivity contribution in [1.29, 1.82) is 0 Å². The molecule has 0 spiro atoms. The number of ether oxygens (including phenoxy) is 1. The predicted octanol–water partition coefficient (Wildman–Crippen LogP) is 2.72. The Morgan fingerprint density at radius 3 is 3.13 bits per heavy atom. The molecule has 2 aromatic rings. The van der Waals surface area contributed by atoms with Gasteiger partial charge in [-0.3, -0.25) is 4.90 Å². The number of rotatable bonds is 9. The first-order valence-corrected chi connectivity index (χ1v) is 9.34. The molecule has 0 bridgehead atoms. The summed E-state index contributed by atoms with van der Waals surface area (Å²) in [5, 5.41) is 14.4. The number of tetrazole rings is 1. The first kappa shape index (κ1) is 16.5. The Labute approximate surface area is 141 Å². The van der Waals surface area contributed by atoms with E-state index in [4.69, 9.17) is 4.74 Å². The van der Waals surface area contributed by atoms with Gasteiger partial charge in [-0.25, -0.2) is 4.68 Å². The second-order valence-electron chi connectivity index (χ2n) is 6.06. The molecule has 1 saturated heterocycles. The molecule has 1 fully saturated rings. The normalized spacial score (nSPS) is 18.1. The zero-order valence-corrected chi connectivity index (χ0v) is 14.5. The maximum absolute atomic E-state index is 5.82. The quantitative estimate of drug-likeness (QED) is 0.705. The summed E-state index contributed by atoms with van der Waals surface area (Å²) in [5.74, 6) is 0.952. The van der Waals surface area contributed by atoms with Gasteiger partial charge in [0, 0.05) is 31.1 Å². The van der Waals surface area contributed by atoms with E-state index in [2.05, 4.69) is 44.9 Å². The Morgan fingerprint density at radius 1 is 1.43 bits per heavy atom. The fourth-order valence-electron chi connectivity index (χ4n) is 2.90. The average molecular weight is 335 g/mol. The van der Waals surface area contributed by atoms with E-state index in [9.17, 15) is 0 Å². The van der Waals surface area contributed by atoms with Crippen LogP contribution in [0.5, 0.6) is 0 Å². The lowest BCUT2D eigenvalue weighted by atomic mass is 10.2. The van der Waals surface area contributed by atoms with Crippen LogP contribution in [-0.4, -0.2) is 44.4 Å². The van der Waals surface area contributed by atoms with Crippen LogP contribution in [0, 0.1) is 0 Å². The van der Waals surface area contributed by atoms with E-state index in [1.807, 2.05) is 4.68 Å². The molecular formula is C16H25N5OS. The number of nitrogens with zero attached hydrogens (tertiary/aromatic N) is 5. The summed E-state index contributed by atoms with van der Waals surface area (Å²) in [6, 6.07) is 4.29. The summed E-state index contributed by atoms with van der Waals surface area (Å²) < 4.78 is 7.77. The van der Waals surface area contributed by atoms with E-state index < -0.39 is 0 Å². The van der Waals surface area contributed by atoms with Crippen LogP contribution in [0.2, 0.25) is 0 Å². The topological polar surface area (TPSA) is 56.1 Å². The average Bonchev–Trinajstić information content (AvgIpc) is 3.28. The Balaban J connectivity index is 1.65. The molecular weight excluding hydrogens is 310 g/mol. The molecule has 1 aliphatic heterocycles. The smallest absolute Gasteiger partial charge is 0.165 e. The second-order valence-corrected chi connectivity index (χ2v) is 7.09. The van der Waals surface area contributed by atoms with Crippen LogP contribution < -0.4 is 0 Å². The molecule has 0 N–H and O–H groups in total. The summed E-state index contributed by atoms with van der Waals surface area (Å²) >= 11 is 1.80. The number of aromatic nitrogens is 4. The van der Waals surface area contributed by atoms with Crippen LogP contribution in [0.3, 0.4) is 0 Å². The second kappa shape index (κ2) is 8.52. The number of aryl methyl sites for hydroxylation is 1. The van der Waals surface area contributed by atoms with Crippen LogP contribution in [0.15, 0.2) is 17.5 Å². The summed E-state index contributed by atoms with van der Waals surface area (Å²) in [6.45, 7) is 6.62. The fraction of sp³-hybridized carbons (Fsp3) is 0.688. The van der Waals surface area contributed by atoms with Gasteiger partial charge < -0.3 is 4.74 Å². The highest BCUT2D eigenvalue weighted by Crippen LogP contribution is 2.18. The van der Waals surface area contributed by atoms with Gasteiger partial charge in [0.1, 0.15) is 0 Å². The van der Waals surface area contributed by atoms with Gasteiger partial charge in [-0.05, 0) is 41.1 Å². The van der Waals surface area contributed by atoms with Crippen LogP contribution in [-0.2, 0) is 24.4 Å². The molecule has 0 aliphatic carbocycles. The van der Waals surface area contributed by atoms with Crippen molar-refractivity contribution in [3.63, 3.8) is 0 Å². The van der Waals surface area contributed by atoms with Gasteiger partial charge in [0.15, 0.2) is 5.82 Å². The molecule has 23 heavy (non-hydrogen) atoms. The third-order valence-corrected chi connectivity index (χ3v) is 5.00. The molecule has 6 nitrogen and oxygen atoms in total. The summed E-state index contributed by atoms with van der Waals surface area (Å²) in [5.41, 5.74) is 0. The number of hydrogen-bond donors (Lipinski definition) is 0. The molecule has 0 aromatic carbocycles. The minimum atomic E-state index is 0.343. The third-order valence-electron chi connectivity index (χ3n) is 4.14. The number of unbranched alkanes of at least 4 members (excludes halogenated alkanes) is 1. The molecule has 3 rings (SSSR count). The highest BCUT2D eigenvalue weighted by atomic mass is 32.1. The van der Waals surface area contributed by atoms with Crippen molar-refractivity contribution in [3.8, 4) is 0 Å². The van der Waals surface area contributed by atoms with Gasteiger partial charge in [0.25, 0.3) is 0 Å². The Kier molecular flexibility index (Phi) is 6.13. The van der Waals surface area contributed by atoms with Crippen molar-refractivity contribution in [1.82, 2.24) is 25.1 Å². The molecule has 1 aliphatic rings. The SMILES string of the molecule is CCCCn1nnnc1CN(Cc1cccs1)CC1CCCO1. The maximum Gasteiger partial charge on any atom is 0.165 e. The lowest BCUT2D eigenvalue weighted by Crippen LogP contribution is -2.32. The molecule has 0 amide bonds. The third kappa shape index (κ3) is 4.83. The first-order chi connectivity index (χ1) is 11.3. The van der Waals surface area contributed by atoms with Gasteiger partial charge >= 0.3 is 0 Å². The molecule has 2 aromatic heterocycles. The van der Waals surface area contributed by atoms with Crippen molar-refractivity contribution in [3.05, 3.63) is 28.2 Å². The van der Waals surface area contributed by atoms with Crippen LogP contribution >= 0.6 is 11.3 Å². The van der Waals surface area contributed by atoms with E-state index in [1.54, 1.807) is 11.3 Å². The van der Waals surface area contributed by atoms with Crippen LogP contribution in [0.1, 0.15) is 43.3 Å². The zero-order chi connectivity index (χ0) is 15.9. The maximum atomic E-state index is 5.82. The fourth-order valence-corrected chi connectivity index (χ4v) is 3.65. The van der Waals surface area contributed by atoms with Crippen LogP contribution in [0.4, 0.5) is 0 Å². The minimum Gasteiger partial charge on any atom is -0.377 e. The zero-order valence-electron chi connectivity index (χ0n) is 13.7. The molecule has 7 heteroatoms. The highest BCUT2D eigenvalue weighted by molar-refractivity contribution is 7.09. The van der Waals surface area contributed by atoms with Gasteiger partial charge in [-0.1, -0.05) is 19.4 Å². The Hall–Kier alpha value is -1.31. The Bertz CT molecular complexity index is 565. The molecule has 1 atom stereocenters. The largest absolute Gasteiger partial charge is 0.377 e. The highest BCUT2D eigenvalue weighted by Gasteiger charge is 2.21. The summed E-state index contributed by atoms with van der Waals surface area (Å²) in [4.78, 5) is 3.78. The van der Waals surface area contributed by atoms with Gasteiger partial charge in [0.2, 0.25) is 0 Å². The van der Waals surface area contributed by atoms with Gasteiger partial charge in [-0.15, -0.1) is 16.4 Å². The molecule has 0 radical (unpaired) electrons. The minimum absolute atomic E-state index is 0.343. The summed E-state index contributed by atoms with van der Waals surface area (Å²) in [7, 11) is 0. The van der Waals surface area contributed by atoms with Crippen molar-refractivity contribution in [2.75, 3.05) is 13.2 Å². The molecule has 3 heterocycles. The number of hydrogen-bond acceptors (Lipinski definition) is 6. The molecule has 1 unspecified atom stereocenters. The van der Waals surface area contributed by atoms with Crippen molar-refractivity contribution < 1.29 is 4.74 Å². The predicted molar refractivity (Wildman–Crippen MR) is 90.1 cm³/mol. The van der Waals surface area contributed by atoms with Gasteiger partial charge in [-0.2, -0.15) is 0 Å². The number of thiophene rings is 1. The first-order valence-electron chi connectivity index (χ1n) is 8.46. The van der Waals surface area contributed by atoms with Crippen LogP contribution in [0.25, 0.3) is 0 Å². The van der Waals surface area contributed by atoms with Gasteiger partial charge in [0.05, 0.1) is 12.6 Å². The molecule has 126 valence electrons. The summed E-state index contributed by atoms with van der Waals surface area (Å²) in [6.07, 6.45) is 4.92. The lowest BCUT2D eigenvalue weighted by Gasteiger charge is -2.24. The monoisotopic (exact) mass is 335 g/mol. The van der Waals surface area contributed by atoms with E-state index in [-0.39, 0.29) is 0 Å². The molecule has 0 saturated carbocycles. The van der Waals surface area contributed by atoms with Crippen molar-refractivity contribution in [2.45, 2.75) is 58.3 Å². The van der Waals surface area contributed by atoms with Crippen molar-refractivity contribution in [2.24, 2.45) is 0 Å². The lowest BCUT2D eigenvalue weighted by molar-refractivity contribution is 0.0668. The van der Waals surface area contributed by atoms with E-state index in [0.717, 1.165) is 57.9 Å².